The van der Waals surface area contributed by atoms with Gasteiger partial charge in [-0.25, -0.2) is 0 Å². The third-order valence-electron chi connectivity index (χ3n) is 2.81. The second kappa shape index (κ2) is 5.46. The molecule has 2 rings (SSSR count). The van der Waals surface area contributed by atoms with Crippen molar-refractivity contribution in [2.24, 2.45) is 0 Å². The molecule has 0 spiro atoms. The van der Waals surface area contributed by atoms with Crippen LogP contribution in [0.4, 0.5) is 0 Å². The average molecular weight is 236 g/mol. The predicted octanol–water partition coefficient (Wildman–Crippen LogP) is 4.20. The SMILES string of the molecule is Cc1ccc(C=CC(=O)c2cccc(C)c2)cc1. The second-order valence-electron chi connectivity index (χ2n) is 4.48. The van der Waals surface area contributed by atoms with Crippen LogP contribution < -0.4 is 0 Å². The smallest absolute Gasteiger partial charge is 0.185 e. The van der Waals surface area contributed by atoms with Gasteiger partial charge in [0.2, 0.25) is 0 Å². The van der Waals surface area contributed by atoms with Crippen LogP contribution in [0.1, 0.15) is 27.0 Å². The lowest BCUT2D eigenvalue weighted by Gasteiger charge is -1.98. The van der Waals surface area contributed by atoms with Crippen molar-refractivity contribution < 1.29 is 4.79 Å². The molecule has 0 aliphatic heterocycles. The molecule has 0 aliphatic carbocycles. The van der Waals surface area contributed by atoms with Gasteiger partial charge in [0.05, 0.1) is 0 Å². The maximum absolute atomic E-state index is 12.0. The van der Waals surface area contributed by atoms with E-state index in [9.17, 15) is 4.79 Å². The van der Waals surface area contributed by atoms with Crippen LogP contribution in [0.5, 0.6) is 0 Å². The molecule has 1 heteroatoms. The van der Waals surface area contributed by atoms with Crippen LogP contribution in [-0.2, 0) is 0 Å². The van der Waals surface area contributed by atoms with Gasteiger partial charge in [-0.15, -0.1) is 0 Å². The quantitative estimate of drug-likeness (QED) is 0.576. The van der Waals surface area contributed by atoms with E-state index in [1.807, 2.05) is 68.5 Å². The van der Waals surface area contributed by atoms with Crippen LogP contribution in [0.25, 0.3) is 6.08 Å². The standard InChI is InChI=1S/C17H16O/c1-13-6-8-15(9-7-13)10-11-17(18)16-5-3-4-14(2)12-16/h3-12H,1-2H3. The van der Waals surface area contributed by atoms with E-state index in [0.717, 1.165) is 16.7 Å². The lowest BCUT2D eigenvalue weighted by molar-refractivity contribution is 0.104. The first kappa shape index (κ1) is 12.3. The van der Waals surface area contributed by atoms with Crippen molar-refractivity contribution >= 4 is 11.9 Å². The van der Waals surface area contributed by atoms with Gasteiger partial charge in [0.25, 0.3) is 0 Å². The van der Waals surface area contributed by atoms with Gasteiger partial charge in [-0.3, -0.25) is 4.79 Å². The van der Waals surface area contributed by atoms with Crippen molar-refractivity contribution in [1.82, 2.24) is 0 Å². The first-order valence-electron chi connectivity index (χ1n) is 6.01. The fourth-order valence-corrected chi connectivity index (χ4v) is 1.74. The van der Waals surface area contributed by atoms with E-state index in [1.165, 1.54) is 5.56 Å². The first-order valence-corrected chi connectivity index (χ1v) is 6.01. The van der Waals surface area contributed by atoms with Gasteiger partial charge in [-0.1, -0.05) is 59.7 Å². The molecule has 0 saturated carbocycles. The number of aryl methyl sites for hydroxylation is 2. The zero-order valence-electron chi connectivity index (χ0n) is 10.7. The Morgan fingerprint density at radius 1 is 0.944 bits per heavy atom. The molecule has 0 aromatic heterocycles. The molecule has 2 aromatic carbocycles. The number of rotatable bonds is 3. The van der Waals surface area contributed by atoms with E-state index < -0.39 is 0 Å². The Balaban J connectivity index is 2.14. The fourth-order valence-electron chi connectivity index (χ4n) is 1.74. The molecule has 0 heterocycles. The number of hydrogen-bond acceptors (Lipinski definition) is 1. The Bertz CT molecular complexity index is 577. The summed E-state index contributed by atoms with van der Waals surface area (Å²) in [6.45, 7) is 4.03. The van der Waals surface area contributed by atoms with Gasteiger partial charge < -0.3 is 0 Å². The van der Waals surface area contributed by atoms with E-state index in [2.05, 4.69) is 0 Å². The Morgan fingerprint density at radius 2 is 1.67 bits per heavy atom. The summed E-state index contributed by atoms with van der Waals surface area (Å²) in [7, 11) is 0. The lowest BCUT2D eigenvalue weighted by atomic mass is 10.1. The lowest BCUT2D eigenvalue weighted by Crippen LogP contribution is -1.94. The van der Waals surface area contributed by atoms with Gasteiger partial charge in [0, 0.05) is 5.56 Å². The minimum atomic E-state index is 0.0410. The molecule has 0 radical (unpaired) electrons. The predicted molar refractivity (Wildman–Crippen MR) is 75.7 cm³/mol. The highest BCUT2D eigenvalue weighted by atomic mass is 16.1. The summed E-state index contributed by atoms with van der Waals surface area (Å²) >= 11 is 0. The van der Waals surface area contributed by atoms with E-state index in [-0.39, 0.29) is 5.78 Å². The summed E-state index contributed by atoms with van der Waals surface area (Å²) in [5, 5.41) is 0. The molecule has 0 amide bonds. The molecule has 90 valence electrons. The summed E-state index contributed by atoms with van der Waals surface area (Å²) < 4.78 is 0. The molecule has 18 heavy (non-hydrogen) atoms. The van der Waals surface area contributed by atoms with Gasteiger partial charge in [-0.2, -0.15) is 0 Å². The normalized spacial score (nSPS) is 10.8. The van der Waals surface area contributed by atoms with Crippen LogP contribution in [0.15, 0.2) is 54.6 Å². The summed E-state index contributed by atoms with van der Waals surface area (Å²) in [6.07, 6.45) is 3.48. The zero-order valence-corrected chi connectivity index (χ0v) is 10.7. The van der Waals surface area contributed by atoms with Crippen molar-refractivity contribution in [3.05, 3.63) is 76.9 Å². The van der Waals surface area contributed by atoms with Gasteiger partial charge in [-0.05, 0) is 31.6 Å². The van der Waals surface area contributed by atoms with E-state index in [0.29, 0.717) is 0 Å². The summed E-state index contributed by atoms with van der Waals surface area (Å²) in [6, 6.07) is 15.7. The van der Waals surface area contributed by atoms with Crippen LogP contribution in [0, 0.1) is 13.8 Å². The van der Waals surface area contributed by atoms with E-state index >= 15 is 0 Å². The highest BCUT2D eigenvalue weighted by Gasteiger charge is 2.00. The molecular weight excluding hydrogens is 220 g/mol. The average Bonchev–Trinajstić information content (AvgIpc) is 2.38. The number of hydrogen-bond donors (Lipinski definition) is 0. The van der Waals surface area contributed by atoms with Crippen molar-refractivity contribution in [3.8, 4) is 0 Å². The first-order chi connectivity index (χ1) is 8.65. The van der Waals surface area contributed by atoms with Crippen LogP contribution in [-0.4, -0.2) is 5.78 Å². The molecule has 0 aliphatic rings. The third-order valence-corrected chi connectivity index (χ3v) is 2.81. The molecule has 0 saturated heterocycles. The molecule has 0 fully saturated rings. The van der Waals surface area contributed by atoms with E-state index in [1.54, 1.807) is 6.08 Å². The number of carbonyl (C=O) groups excluding carboxylic acids is 1. The molecule has 0 atom stereocenters. The van der Waals surface area contributed by atoms with Crippen molar-refractivity contribution in [2.75, 3.05) is 0 Å². The highest BCUT2D eigenvalue weighted by molar-refractivity contribution is 6.06. The van der Waals surface area contributed by atoms with Gasteiger partial charge in [0.1, 0.15) is 0 Å². The number of allylic oxidation sites excluding steroid dienone is 1. The second-order valence-corrected chi connectivity index (χ2v) is 4.48. The summed E-state index contributed by atoms with van der Waals surface area (Å²) in [5.41, 5.74) is 4.10. The monoisotopic (exact) mass is 236 g/mol. The Kier molecular flexibility index (Phi) is 3.73. The zero-order chi connectivity index (χ0) is 13.0. The summed E-state index contributed by atoms with van der Waals surface area (Å²) in [4.78, 5) is 12.0. The van der Waals surface area contributed by atoms with E-state index in [4.69, 9.17) is 0 Å². The molecule has 0 unspecified atom stereocenters. The highest BCUT2D eigenvalue weighted by Crippen LogP contribution is 2.08. The number of benzene rings is 2. The molecule has 0 bridgehead atoms. The van der Waals surface area contributed by atoms with Crippen molar-refractivity contribution in [2.45, 2.75) is 13.8 Å². The van der Waals surface area contributed by atoms with Crippen molar-refractivity contribution in [3.63, 3.8) is 0 Å². The Hall–Kier alpha value is -2.15. The van der Waals surface area contributed by atoms with Crippen LogP contribution in [0.3, 0.4) is 0 Å². The van der Waals surface area contributed by atoms with Crippen LogP contribution >= 0.6 is 0 Å². The molecular formula is C17H16O. The molecule has 2 aromatic rings. The van der Waals surface area contributed by atoms with Crippen molar-refractivity contribution in [1.29, 1.82) is 0 Å². The minimum Gasteiger partial charge on any atom is -0.289 e. The maximum atomic E-state index is 12.0. The summed E-state index contributed by atoms with van der Waals surface area (Å²) in [5.74, 6) is 0.0410. The van der Waals surface area contributed by atoms with Crippen LogP contribution in [0.2, 0.25) is 0 Å². The number of carbonyl (C=O) groups is 1. The largest absolute Gasteiger partial charge is 0.289 e. The van der Waals surface area contributed by atoms with Gasteiger partial charge >= 0.3 is 0 Å². The maximum Gasteiger partial charge on any atom is 0.185 e. The third kappa shape index (κ3) is 3.17. The molecule has 1 nitrogen and oxygen atoms in total. The Morgan fingerprint density at radius 3 is 2.33 bits per heavy atom. The topological polar surface area (TPSA) is 17.1 Å². The minimum absolute atomic E-state index is 0.0410. The fraction of sp³-hybridized carbons (Fsp3) is 0.118. The number of ketones is 1. The Labute approximate surface area is 108 Å². The molecule has 0 N–H and O–H groups in total. The van der Waals surface area contributed by atoms with Gasteiger partial charge in [0.15, 0.2) is 5.78 Å².